The molecule has 7 nitrogen and oxygen atoms in total. The van der Waals surface area contributed by atoms with Crippen LogP contribution in [0.1, 0.15) is 33.7 Å². The number of fused-ring (bicyclic) bond motifs is 1. The molecule has 144 valence electrons. The topological polar surface area (TPSA) is 87.3 Å². The van der Waals surface area contributed by atoms with Crippen molar-refractivity contribution in [3.05, 3.63) is 52.3 Å². The van der Waals surface area contributed by atoms with Gasteiger partial charge in [-0.1, -0.05) is 6.07 Å². The SMILES string of the molecule is COC(=O)CCN(Cc1ccc(F)c(F)c1)C(=O)c1n[nH]c2c1CNCC2. The highest BCUT2D eigenvalue weighted by Crippen LogP contribution is 2.19. The second-order valence-electron chi connectivity index (χ2n) is 6.26. The Morgan fingerprint density at radius 2 is 2.11 bits per heavy atom. The summed E-state index contributed by atoms with van der Waals surface area (Å²) in [7, 11) is 1.26. The predicted molar refractivity (Wildman–Crippen MR) is 91.7 cm³/mol. The molecule has 2 heterocycles. The Labute approximate surface area is 154 Å². The zero-order valence-corrected chi connectivity index (χ0v) is 14.8. The van der Waals surface area contributed by atoms with Crippen LogP contribution in [0.2, 0.25) is 0 Å². The fourth-order valence-electron chi connectivity index (χ4n) is 2.99. The van der Waals surface area contributed by atoms with Gasteiger partial charge in [-0.05, 0) is 17.7 Å². The quantitative estimate of drug-likeness (QED) is 0.745. The molecule has 0 spiro atoms. The van der Waals surface area contributed by atoms with Crippen LogP contribution in [0.15, 0.2) is 18.2 Å². The van der Waals surface area contributed by atoms with Crippen LogP contribution >= 0.6 is 0 Å². The van der Waals surface area contributed by atoms with Crippen LogP contribution in [-0.2, 0) is 29.0 Å². The van der Waals surface area contributed by atoms with E-state index < -0.39 is 17.6 Å². The molecule has 2 N–H and O–H groups in total. The van der Waals surface area contributed by atoms with Crippen molar-refractivity contribution in [3.63, 3.8) is 0 Å². The molecular formula is C18H20F2N4O3. The lowest BCUT2D eigenvalue weighted by Crippen LogP contribution is -2.34. The summed E-state index contributed by atoms with van der Waals surface area (Å²) in [5.41, 5.74) is 2.37. The molecule has 0 atom stereocenters. The standard InChI is InChI=1S/C18H20F2N4O3/c1-27-16(25)5-7-24(10-11-2-3-13(19)14(20)8-11)18(26)17-12-9-21-6-4-15(12)22-23-17/h2-3,8,21H,4-7,9-10H2,1H3,(H,22,23). The van der Waals surface area contributed by atoms with Gasteiger partial charge in [0.05, 0.1) is 13.5 Å². The number of aromatic nitrogens is 2. The minimum absolute atomic E-state index is 0.0160. The molecule has 0 bridgehead atoms. The van der Waals surface area contributed by atoms with Crippen LogP contribution in [0.3, 0.4) is 0 Å². The van der Waals surface area contributed by atoms with Crippen molar-refractivity contribution >= 4 is 11.9 Å². The molecule has 1 amide bonds. The average Bonchev–Trinajstić information content (AvgIpc) is 3.11. The van der Waals surface area contributed by atoms with Crippen molar-refractivity contribution in [3.8, 4) is 0 Å². The lowest BCUT2D eigenvalue weighted by atomic mass is 10.1. The van der Waals surface area contributed by atoms with Gasteiger partial charge in [-0.25, -0.2) is 8.78 Å². The second-order valence-corrected chi connectivity index (χ2v) is 6.26. The van der Waals surface area contributed by atoms with E-state index in [4.69, 9.17) is 0 Å². The molecule has 1 aliphatic rings. The average molecular weight is 378 g/mol. The molecule has 0 fully saturated rings. The fraction of sp³-hybridized carbons (Fsp3) is 0.389. The molecular weight excluding hydrogens is 358 g/mol. The van der Waals surface area contributed by atoms with Gasteiger partial charge >= 0.3 is 5.97 Å². The Morgan fingerprint density at radius 1 is 1.30 bits per heavy atom. The first-order valence-electron chi connectivity index (χ1n) is 8.56. The van der Waals surface area contributed by atoms with Gasteiger partial charge in [0.25, 0.3) is 5.91 Å². The van der Waals surface area contributed by atoms with E-state index in [9.17, 15) is 18.4 Å². The molecule has 0 saturated heterocycles. The Hall–Kier alpha value is -2.81. The summed E-state index contributed by atoms with van der Waals surface area (Å²) in [6, 6.07) is 3.45. The number of carbonyl (C=O) groups excluding carboxylic acids is 2. The Kier molecular flexibility index (Phi) is 5.80. The van der Waals surface area contributed by atoms with Crippen LogP contribution < -0.4 is 5.32 Å². The summed E-state index contributed by atoms with van der Waals surface area (Å²) >= 11 is 0. The van der Waals surface area contributed by atoms with Gasteiger partial charge in [-0.2, -0.15) is 5.10 Å². The number of esters is 1. The van der Waals surface area contributed by atoms with Crippen LogP contribution in [0.5, 0.6) is 0 Å². The third kappa shape index (κ3) is 4.30. The number of hydrogen-bond acceptors (Lipinski definition) is 5. The number of nitrogens with zero attached hydrogens (tertiary/aromatic N) is 2. The number of nitrogens with one attached hydrogen (secondary N) is 2. The van der Waals surface area contributed by atoms with Gasteiger partial charge in [-0.3, -0.25) is 14.7 Å². The van der Waals surface area contributed by atoms with Gasteiger partial charge in [-0.15, -0.1) is 0 Å². The number of aromatic amines is 1. The van der Waals surface area contributed by atoms with Crippen molar-refractivity contribution in [2.45, 2.75) is 25.9 Å². The van der Waals surface area contributed by atoms with Crippen LogP contribution in [0, 0.1) is 11.6 Å². The number of rotatable bonds is 6. The lowest BCUT2D eigenvalue weighted by Gasteiger charge is -2.23. The van der Waals surface area contributed by atoms with E-state index in [-0.39, 0.29) is 31.1 Å². The smallest absolute Gasteiger partial charge is 0.307 e. The first kappa shape index (κ1) is 19.0. The van der Waals surface area contributed by atoms with Crippen LogP contribution in [0.25, 0.3) is 0 Å². The Morgan fingerprint density at radius 3 is 2.85 bits per heavy atom. The Balaban J connectivity index is 1.84. The minimum atomic E-state index is -0.991. The fourth-order valence-corrected chi connectivity index (χ4v) is 2.99. The highest BCUT2D eigenvalue weighted by molar-refractivity contribution is 5.94. The summed E-state index contributed by atoms with van der Waals surface area (Å²) in [5.74, 6) is -2.80. The number of carbonyl (C=O) groups is 2. The van der Waals surface area contributed by atoms with E-state index in [0.717, 1.165) is 36.4 Å². The molecule has 1 aliphatic heterocycles. The monoisotopic (exact) mass is 378 g/mol. The minimum Gasteiger partial charge on any atom is -0.469 e. The maximum Gasteiger partial charge on any atom is 0.307 e. The van der Waals surface area contributed by atoms with Crippen LogP contribution in [0.4, 0.5) is 8.78 Å². The molecule has 0 radical (unpaired) electrons. The third-order valence-corrected chi connectivity index (χ3v) is 4.47. The highest BCUT2D eigenvalue weighted by Gasteiger charge is 2.26. The van der Waals surface area contributed by atoms with Crippen molar-refractivity contribution < 1.29 is 23.1 Å². The summed E-state index contributed by atoms with van der Waals surface area (Å²) in [5, 5.41) is 10.2. The van der Waals surface area contributed by atoms with Gasteiger partial charge in [0.2, 0.25) is 0 Å². The van der Waals surface area contributed by atoms with E-state index in [1.807, 2.05) is 0 Å². The molecule has 2 aromatic rings. The molecule has 1 aromatic carbocycles. The van der Waals surface area contributed by atoms with E-state index >= 15 is 0 Å². The number of benzene rings is 1. The number of methoxy groups -OCH3 is 1. The number of H-pyrrole nitrogens is 1. The van der Waals surface area contributed by atoms with Crippen molar-refractivity contribution in [1.29, 1.82) is 0 Å². The molecule has 0 saturated carbocycles. The molecule has 9 heteroatoms. The summed E-state index contributed by atoms with van der Waals surface area (Å²) in [6.07, 6.45) is 0.720. The maximum absolute atomic E-state index is 13.5. The normalized spacial score (nSPS) is 13.1. The lowest BCUT2D eigenvalue weighted by molar-refractivity contribution is -0.140. The molecule has 0 aliphatic carbocycles. The third-order valence-electron chi connectivity index (χ3n) is 4.47. The summed E-state index contributed by atoms with van der Waals surface area (Å²) in [6.45, 7) is 1.40. The van der Waals surface area contributed by atoms with E-state index in [1.165, 1.54) is 18.1 Å². The van der Waals surface area contributed by atoms with Gasteiger partial charge in [0.15, 0.2) is 17.3 Å². The number of amides is 1. The molecule has 0 unspecified atom stereocenters. The predicted octanol–water partition coefficient (Wildman–Crippen LogP) is 1.54. The first-order valence-corrected chi connectivity index (χ1v) is 8.56. The van der Waals surface area contributed by atoms with Crippen molar-refractivity contribution in [1.82, 2.24) is 20.4 Å². The summed E-state index contributed by atoms with van der Waals surface area (Å²) in [4.78, 5) is 25.9. The van der Waals surface area contributed by atoms with Crippen LogP contribution in [-0.4, -0.2) is 47.2 Å². The van der Waals surface area contributed by atoms with Gasteiger partial charge in [0.1, 0.15) is 0 Å². The highest BCUT2D eigenvalue weighted by atomic mass is 19.2. The van der Waals surface area contributed by atoms with Gasteiger partial charge < -0.3 is 15.0 Å². The second kappa shape index (κ2) is 8.26. The maximum atomic E-state index is 13.5. The first-order chi connectivity index (χ1) is 13.0. The Bertz CT molecular complexity index is 853. The molecule has 3 rings (SSSR count). The van der Waals surface area contributed by atoms with E-state index in [0.29, 0.717) is 12.1 Å². The van der Waals surface area contributed by atoms with E-state index in [1.54, 1.807) is 0 Å². The summed E-state index contributed by atoms with van der Waals surface area (Å²) < 4.78 is 31.3. The zero-order chi connectivity index (χ0) is 19.4. The number of ether oxygens (including phenoxy) is 1. The zero-order valence-electron chi connectivity index (χ0n) is 14.8. The van der Waals surface area contributed by atoms with Crippen molar-refractivity contribution in [2.24, 2.45) is 0 Å². The number of halogens is 2. The van der Waals surface area contributed by atoms with Gasteiger partial charge in [0, 0.05) is 43.9 Å². The number of hydrogen-bond donors (Lipinski definition) is 2. The molecule has 27 heavy (non-hydrogen) atoms. The van der Waals surface area contributed by atoms with E-state index in [2.05, 4.69) is 20.3 Å². The molecule has 1 aromatic heterocycles. The largest absolute Gasteiger partial charge is 0.469 e. The van der Waals surface area contributed by atoms with Crippen molar-refractivity contribution in [2.75, 3.05) is 20.2 Å².